The third-order valence-corrected chi connectivity index (χ3v) is 4.58. The zero-order valence-electron chi connectivity index (χ0n) is 13.2. The molecule has 1 saturated carbocycles. The lowest BCUT2D eigenvalue weighted by atomic mass is 10.0. The molecule has 2 N–H and O–H groups in total. The summed E-state index contributed by atoms with van der Waals surface area (Å²) >= 11 is 0. The maximum atomic E-state index is 13.9. The summed E-state index contributed by atoms with van der Waals surface area (Å²) in [4.78, 5) is 14.4. The van der Waals surface area contributed by atoms with Gasteiger partial charge in [-0.1, -0.05) is 19.8 Å². The van der Waals surface area contributed by atoms with E-state index in [1.54, 1.807) is 18.7 Å². The maximum absolute atomic E-state index is 13.9. The van der Waals surface area contributed by atoms with Gasteiger partial charge in [-0.2, -0.15) is 0 Å². The molecule has 1 aliphatic carbocycles. The van der Waals surface area contributed by atoms with Gasteiger partial charge in [-0.05, 0) is 38.0 Å². The topological polar surface area (TPSA) is 46.3 Å². The third-order valence-electron chi connectivity index (χ3n) is 4.58. The Morgan fingerprint density at radius 2 is 1.95 bits per heavy atom. The highest BCUT2D eigenvalue weighted by atomic mass is 19.1. The molecule has 0 spiro atoms. The minimum atomic E-state index is -0.490. The first kappa shape index (κ1) is 16.9. The summed E-state index contributed by atoms with van der Waals surface area (Å²) in [6.07, 6.45) is 3.95. The van der Waals surface area contributed by atoms with Crippen molar-refractivity contribution in [2.45, 2.75) is 58.2 Å². The molecule has 1 aromatic carbocycles. The molecule has 0 saturated heterocycles. The normalized spacial score (nSPS) is 18.2. The number of hydrogen-bond donors (Lipinski definition) is 1. The van der Waals surface area contributed by atoms with Crippen LogP contribution < -0.4 is 5.73 Å². The molecular formula is C17H24F2N2O. The van der Waals surface area contributed by atoms with Gasteiger partial charge in [0.1, 0.15) is 11.6 Å². The van der Waals surface area contributed by atoms with Crippen LogP contribution in [0.2, 0.25) is 0 Å². The number of benzene rings is 1. The molecule has 1 aromatic rings. The molecule has 0 heterocycles. The zero-order chi connectivity index (χ0) is 16.3. The summed E-state index contributed by atoms with van der Waals surface area (Å²) in [6, 6.07) is 3.19. The van der Waals surface area contributed by atoms with Crippen molar-refractivity contribution in [3.05, 3.63) is 35.4 Å². The van der Waals surface area contributed by atoms with Crippen molar-refractivity contribution in [3.8, 4) is 0 Å². The van der Waals surface area contributed by atoms with Crippen LogP contribution in [-0.4, -0.2) is 22.9 Å². The molecule has 22 heavy (non-hydrogen) atoms. The highest BCUT2D eigenvalue weighted by Gasteiger charge is 2.31. The lowest BCUT2D eigenvalue weighted by Gasteiger charge is -2.32. The van der Waals surface area contributed by atoms with Gasteiger partial charge >= 0.3 is 0 Å². The van der Waals surface area contributed by atoms with Crippen LogP contribution >= 0.6 is 0 Å². The first-order valence-corrected chi connectivity index (χ1v) is 7.90. The van der Waals surface area contributed by atoms with Crippen molar-refractivity contribution in [1.82, 2.24) is 4.90 Å². The minimum absolute atomic E-state index is 0.0782. The number of nitrogens with zero attached hydrogens (tertiary/aromatic N) is 1. The van der Waals surface area contributed by atoms with Crippen molar-refractivity contribution in [2.24, 2.45) is 11.7 Å². The highest BCUT2D eigenvalue weighted by Crippen LogP contribution is 2.27. The fourth-order valence-corrected chi connectivity index (χ4v) is 2.94. The average molecular weight is 310 g/mol. The second kappa shape index (κ2) is 7.18. The lowest BCUT2D eigenvalue weighted by Crippen LogP contribution is -2.45. The number of carbonyl (C=O) groups excluding carboxylic acids is 1. The van der Waals surface area contributed by atoms with Crippen LogP contribution in [0.4, 0.5) is 8.78 Å². The van der Waals surface area contributed by atoms with Gasteiger partial charge in [0.05, 0.1) is 5.92 Å². The quantitative estimate of drug-likeness (QED) is 0.907. The van der Waals surface area contributed by atoms with Gasteiger partial charge in [-0.25, -0.2) is 8.78 Å². The molecule has 5 heteroatoms. The van der Waals surface area contributed by atoms with Crippen molar-refractivity contribution >= 4 is 5.91 Å². The summed E-state index contributed by atoms with van der Waals surface area (Å²) in [7, 11) is 0. The van der Waals surface area contributed by atoms with Crippen LogP contribution in [0.5, 0.6) is 0 Å². The van der Waals surface area contributed by atoms with E-state index >= 15 is 0 Å². The highest BCUT2D eigenvalue weighted by molar-refractivity contribution is 5.79. The molecule has 1 amide bonds. The number of rotatable bonds is 5. The molecule has 0 radical (unpaired) electrons. The zero-order valence-corrected chi connectivity index (χ0v) is 13.2. The molecule has 122 valence electrons. The van der Waals surface area contributed by atoms with E-state index in [0.717, 1.165) is 37.8 Å². The van der Waals surface area contributed by atoms with E-state index in [4.69, 9.17) is 5.73 Å². The van der Waals surface area contributed by atoms with Crippen molar-refractivity contribution in [3.63, 3.8) is 0 Å². The number of halogens is 2. The van der Waals surface area contributed by atoms with E-state index < -0.39 is 11.6 Å². The lowest BCUT2D eigenvalue weighted by molar-refractivity contribution is -0.138. The number of hydrogen-bond acceptors (Lipinski definition) is 2. The van der Waals surface area contributed by atoms with Gasteiger partial charge in [0, 0.05) is 24.2 Å². The number of amides is 1. The summed E-state index contributed by atoms with van der Waals surface area (Å²) in [6.45, 7) is 3.68. The molecule has 0 aliphatic heterocycles. The van der Waals surface area contributed by atoms with Crippen molar-refractivity contribution < 1.29 is 13.6 Å². The van der Waals surface area contributed by atoms with E-state index in [1.165, 1.54) is 6.07 Å². The van der Waals surface area contributed by atoms with Gasteiger partial charge < -0.3 is 10.6 Å². The Kier molecular flexibility index (Phi) is 5.51. The summed E-state index contributed by atoms with van der Waals surface area (Å²) in [5.41, 5.74) is 6.06. The molecule has 2 unspecified atom stereocenters. The molecule has 3 nitrogen and oxygen atoms in total. The van der Waals surface area contributed by atoms with E-state index in [-0.39, 0.29) is 36.0 Å². The Hall–Kier alpha value is -1.49. The van der Waals surface area contributed by atoms with Crippen LogP contribution in [0.3, 0.4) is 0 Å². The monoisotopic (exact) mass is 310 g/mol. The molecule has 0 aromatic heterocycles. The van der Waals surface area contributed by atoms with Crippen molar-refractivity contribution in [1.29, 1.82) is 0 Å². The van der Waals surface area contributed by atoms with Gasteiger partial charge in [0.15, 0.2) is 0 Å². The fourth-order valence-electron chi connectivity index (χ4n) is 2.94. The van der Waals surface area contributed by atoms with E-state index in [2.05, 4.69) is 0 Å². The van der Waals surface area contributed by atoms with E-state index in [0.29, 0.717) is 0 Å². The van der Waals surface area contributed by atoms with Gasteiger partial charge in [-0.3, -0.25) is 4.79 Å². The number of nitrogens with two attached hydrogens (primary N) is 1. The van der Waals surface area contributed by atoms with Crippen molar-refractivity contribution in [2.75, 3.05) is 0 Å². The maximum Gasteiger partial charge on any atom is 0.227 e. The Labute approximate surface area is 130 Å². The molecular weight excluding hydrogens is 286 g/mol. The molecule has 2 rings (SSSR count). The third kappa shape index (κ3) is 3.83. The smallest absolute Gasteiger partial charge is 0.227 e. The van der Waals surface area contributed by atoms with E-state index in [1.807, 2.05) is 0 Å². The van der Waals surface area contributed by atoms with Gasteiger partial charge in [0.25, 0.3) is 0 Å². The predicted molar refractivity (Wildman–Crippen MR) is 82.0 cm³/mol. The summed E-state index contributed by atoms with van der Waals surface area (Å²) in [5, 5.41) is 0. The average Bonchev–Trinajstić information content (AvgIpc) is 3.00. The predicted octanol–water partition coefficient (Wildman–Crippen LogP) is 3.22. The first-order valence-electron chi connectivity index (χ1n) is 7.90. The standard InChI is InChI=1S/C17H24F2N2O/c1-11(12(2)20)17(22)21(15-5-3-4-6-15)10-13-9-14(18)7-8-16(13)19/h7-9,11-12,15H,3-6,10,20H2,1-2H3. The first-order chi connectivity index (χ1) is 10.4. The largest absolute Gasteiger partial charge is 0.335 e. The molecule has 1 fully saturated rings. The van der Waals surface area contributed by atoms with Gasteiger partial charge in [-0.15, -0.1) is 0 Å². The Balaban J connectivity index is 2.24. The molecule has 1 aliphatic rings. The van der Waals surface area contributed by atoms with E-state index in [9.17, 15) is 13.6 Å². The summed E-state index contributed by atoms with van der Waals surface area (Å²) in [5.74, 6) is -1.39. The number of carbonyl (C=O) groups is 1. The molecule has 2 atom stereocenters. The second-order valence-electron chi connectivity index (χ2n) is 6.29. The minimum Gasteiger partial charge on any atom is -0.335 e. The SMILES string of the molecule is CC(N)C(C)C(=O)N(Cc1cc(F)ccc1F)C1CCCC1. The Bertz CT molecular complexity index is 527. The summed E-state index contributed by atoms with van der Waals surface area (Å²) < 4.78 is 27.3. The van der Waals surface area contributed by atoms with Gasteiger partial charge in [0.2, 0.25) is 5.91 Å². The Morgan fingerprint density at radius 1 is 1.32 bits per heavy atom. The Morgan fingerprint density at radius 3 is 2.55 bits per heavy atom. The van der Waals surface area contributed by atoms with Crippen LogP contribution in [0.15, 0.2) is 18.2 Å². The van der Waals surface area contributed by atoms with Crippen LogP contribution in [0.25, 0.3) is 0 Å². The fraction of sp³-hybridized carbons (Fsp3) is 0.588. The van der Waals surface area contributed by atoms with Crippen LogP contribution in [0.1, 0.15) is 45.1 Å². The van der Waals surface area contributed by atoms with Crippen LogP contribution in [0, 0.1) is 17.6 Å². The van der Waals surface area contributed by atoms with Crippen LogP contribution in [-0.2, 0) is 11.3 Å². The second-order valence-corrected chi connectivity index (χ2v) is 6.29. The molecule has 0 bridgehead atoms.